The van der Waals surface area contributed by atoms with Gasteiger partial charge in [0.2, 0.25) is 0 Å². The maximum atomic E-state index is 6.01. The third-order valence-corrected chi connectivity index (χ3v) is 3.25. The number of benzene rings is 1. The first kappa shape index (κ1) is 12.3. The van der Waals surface area contributed by atoms with Crippen LogP contribution in [0.25, 0.3) is 0 Å². The molecule has 3 nitrogen and oxygen atoms in total. The van der Waals surface area contributed by atoms with Crippen molar-refractivity contribution in [2.24, 2.45) is 0 Å². The fourth-order valence-electron chi connectivity index (χ4n) is 1.69. The molecule has 0 amide bonds. The van der Waals surface area contributed by atoms with Crippen LogP contribution >= 0.6 is 23.2 Å². The summed E-state index contributed by atoms with van der Waals surface area (Å²) in [6, 6.07) is 7.52. The molecule has 1 N–H and O–H groups in total. The van der Waals surface area contributed by atoms with Crippen LogP contribution in [0.2, 0.25) is 10.0 Å². The zero-order valence-corrected chi connectivity index (χ0v) is 10.7. The van der Waals surface area contributed by atoms with Gasteiger partial charge in [-0.15, -0.1) is 0 Å². The number of rotatable bonds is 3. The second-order valence-electron chi connectivity index (χ2n) is 3.57. The van der Waals surface area contributed by atoms with Crippen LogP contribution in [-0.2, 0) is 0 Å². The van der Waals surface area contributed by atoms with Gasteiger partial charge in [-0.25, -0.2) is 0 Å². The van der Waals surface area contributed by atoms with Gasteiger partial charge in [0.1, 0.15) is 0 Å². The van der Waals surface area contributed by atoms with Crippen LogP contribution in [0, 0.1) is 0 Å². The minimum Gasteiger partial charge on any atom is -0.309 e. The van der Waals surface area contributed by atoms with Crippen molar-refractivity contribution in [3.63, 3.8) is 0 Å². The van der Waals surface area contributed by atoms with Crippen LogP contribution in [0.15, 0.2) is 36.7 Å². The average Bonchev–Trinajstić information content (AvgIpc) is 2.36. The van der Waals surface area contributed by atoms with Crippen LogP contribution < -0.4 is 5.32 Å². The van der Waals surface area contributed by atoms with Crippen LogP contribution in [-0.4, -0.2) is 17.2 Å². The third kappa shape index (κ3) is 2.75. The Balaban J connectivity index is 2.39. The molecule has 0 saturated carbocycles. The molecule has 1 atom stereocenters. The fourth-order valence-corrected chi connectivity index (χ4v) is 2.00. The summed E-state index contributed by atoms with van der Waals surface area (Å²) in [5.74, 6) is 0. The summed E-state index contributed by atoms with van der Waals surface area (Å²) in [6.07, 6.45) is 3.39. The number of halogens is 2. The molecule has 0 fully saturated rings. The van der Waals surface area contributed by atoms with Crippen molar-refractivity contribution in [1.82, 2.24) is 15.5 Å². The molecule has 2 rings (SSSR count). The smallest absolute Gasteiger partial charge is 0.0595 e. The van der Waals surface area contributed by atoms with E-state index in [0.29, 0.717) is 10.0 Å². The van der Waals surface area contributed by atoms with E-state index in [2.05, 4.69) is 15.5 Å². The lowest BCUT2D eigenvalue weighted by Crippen LogP contribution is -2.17. The van der Waals surface area contributed by atoms with E-state index in [1.807, 2.05) is 25.2 Å². The van der Waals surface area contributed by atoms with Crippen LogP contribution in [0.1, 0.15) is 17.2 Å². The second-order valence-corrected chi connectivity index (χ2v) is 4.39. The average molecular weight is 268 g/mol. The highest BCUT2D eigenvalue weighted by Crippen LogP contribution is 2.28. The maximum Gasteiger partial charge on any atom is 0.0595 e. The molecule has 5 heteroatoms. The van der Waals surface area contributed by atoms with E-state index >= 15 is 0 Å². The first-order valence-corrected chi connectivity index (χ1v) is 5.87. The highest BCUT2D eigenvalue weighted by atomic mass is 35.5. The van der Waals surface area contributed by atoms with E-state index in [1.54, 1.807) is 18.5 Å². The predicted molar refractivity (Wildman–Crippen MR) is 69.4 cm³/mol. The van der Waals surface area contributed by atoms with Gasteiger partial charge < -0.3 is 5.32 Å². The van der Waals surface area contributed by atoms with Gasteiger partial charge in [0, 0.05) is 6.20 Å². The standard InChI is InChI=1S/C12H11Cl2N3/c1-15-12(9-4-5-16-17-7-9)8-2-3-10(13)11(14)6-8/h2-7,12,15H,1H3. The largest absolute Gasteiger partial charge is 0.309 e. The Morgan fingerprint density at radius 2 is 1.88 bits per heavy atom. The van der Waals surface area contributed by atoms with Crippen LogP contribution in [0.4, 0.5) is 0 Å². The Bertz CT molecular complexity index is 502. The summed E-state index contributed by atoms with van der Waals surface area (Å²) in [5.41, 5.74) is 2.07. The molecule has 1 aromatic carbocycles. The molecule has 0 aliphatic heterocycles. The second kappa shape index (κ2) is 5.45. The van der Waals surface area contributed by atoms with E-state index in [4.69, 9.17) is 23.2 Å². The predicted octanol–water partition coefficient (Wildman–Crippen LogP) is 3.09. The summed E-state index contributed by atoms with van der Waals surface area (Å²) in [7, 11) is 1.88. The molecule has 88 valence electrons. The van der Waals surface area contributed by atoms with Gasteiger partial charge in [-0.05, 0) is 36.4 Å². The van der Waals surface area contributed by atoms with E-state index < -0.39 is 0 Å². The number of nitrogens with one attached hydrogen (secondary N) is 1. The Morgan fingerprint density at radius 1 is 1.06 bits per heavy atom. The van der Waals surface area contributed by atoms with Gasteiger partial charge in [-0.1, -0.05) is 29.3 Å². The zero-order chi connectivity index (χ0) is 12.3. The summed E-state index contributed by atoms with van der Waals surface area (Å²) in [5, 5.41) is 11.9. The van der Waals surface area contributed by atoms with E-state index in [0.717, 1.165) is 11.1 Å². The Labute approximate surface area is 110 Å². The van der Waals surface area contributed by atoms with Gasteiger partial charge in [0.05, 0.1) is 22.3 Å². The number of hydrogen-bond acceptors (Lipinski definition) is 3. The van der Waals surface area contributed by atoms with E-state index in [9.17, 15) is 0 Å². The molecule has 2 aromatic rings. The molecule has 1 aromatic heterocycles. The van der Waals surface area contributed by atoms with Crippen molar-refractivity contribution >= 4 is 23.2 Å². The van der Waals surface area contributed by atoms with Gasteiger partial charge in [-0.2, -0.15) is 10.2 Å². The number of hydrogen-bond donors (Lipinski definition) is 1. The van der Waals surface area contributed by atoms with Gasteiger partial charge >= 0.3 is 0 Å². The molecular weight excluding hydrogens is 257 g/mol. The topological polar surface area (TPSA) is 37.8 Å². The van der Waals surface area contributed by atoms with Crippen molar-refractivity contribution in [3.05, 3.63) is 57.8 Å². The molecule has 0 spiro atoms. The Hall–Kier alpha value is -1.16. The maximum absolute atomic E-state index is 6.01. The quantitative estimate of drug-likeness (QED) is 0.929. The van der Waals surface area contributed by atoms with Gasteiger partial charge in [-0.3, -0.25) is 0 Å². The van der Waals surface area contributed by atoms with Gasteiger partial charge in [0.25, 0.3) is 0 Å². The minimum absolute atomic E-state index is 0.0280. The van der Waals surface area contributed by atoms with E-state index in [-0.39, 0.29) is 6.04 Å². The molecule has 0 aliphatic carbocycles. The number of aromatic nitrogens is 2. The van der Waals surface area contributed by atoms with Crippen molar-refractivity contribution in [3.8, 4) is 0 Å². The van der Waals surface area contributed by atoms with Crippen molar-refractivity contribution in [1.29, 1.82) is 0 Å². The molecule has 0 aliphatic rings. The van der Waals surface area contributed by atoms with Gasteiger partial charge in [0.15, 0.2) is 0 Å². The minimum atomic E-state index is 0.0280. The summed E-state index contributed by atoms with van der Waals surface area (Å²) in [6.45, 7) is 0. The van der Waals surface area contributed by atoms with Crippen LogP contribution in [0.5, 0.6) is 0 Å². The molecule has 0 bridgehead atoms. The Kier molecular flexibility index (Phi) is 3.94. The highest BCUT2D eigenvalue weighted by molar-refractivity contribution is 6.42. The molecule has 0 radical (unpaired) electrons. The first-order valence-electron chi connectivity index (χ1n) is 5.11. The summed E-state index contributed by atoms with van der Waals surface area (Å²) >= 11 is 11.9. The molecular formula is C12H11Cl2N3. The molecule has 17 heavy (non-hydrogen) atoms. The fraction of sp³-hybridized carbons (Fsp3) is 0.167. The third-order valence-electron chi connectivity index (χ3n) is 2.51. The summed E-state index contributed by atoms with van der Waals surface area (Å²) < 4.78 is 0. The number of nitrogens with zero attached hydrogens (tertiary/aromatic N) is 2. The van der Waals surface area contributed by atoms with Crippen molar-refractivity contribution < 1.29 is 0 Å². The van der Waals surface area contributed by atoms with E-state index in [1.165, 1.54) is 0 Å². The Morgan fingerprint density at radius 3 is 2.47 bits per heavy atom. The zero-order valence-electron chi connectivity index (χ0n) is 9.19. The molecule has 1 unspecified atom stereocenters. The first-order chi connectivity index (χ1) is 8.22. The lowest BCUT2D eigenvalue weighted by Gasteiger charge is -2.16. The SMILES string of the molecule is CNC(c1ccnnc1)c1ccc(Cl)c(Cl)c1. The molecule has 1 heterocycles. The molecule has 0 saturated heterocycles. The van der Waals surface area contributed by atoms with Crippen LogP contribution in [0.3, 0.4) is 0 Å². The lowest BCUT2D eigenvalue weighted by molar-refractivity contribution is 0.685. The van der Waals surface area contributed by atoms with Crippen molar-refractivity contribution in [2.45, 2.75) is 6.04 Å². The highest BCUT2D eigenvalue weighted by Gasteiger charge is 2.13. The van der Waals surface area contributed by atoms with Crippen molar-refractivity contribution in [2.75, 3.05) is 7.05 Å². The lowest BCUT2D eigenvalue weighted by atomic mass is 10.0. The normalized spacial score (nSPS) is 12.4. The summed E-state index contributed by atoms with van der Waals surface area (Å²) in [4.78, 5) is 0. The monoisotopic (exact) mass is 267 g/mol.